The number of pyridine rings is 1. The first-order chi connectivity index (χ1) is 22.8. The lowest BCUT2D eigenvalue weighted by atomic mass is 9.69. The Balaban J connectivity index is 1.33. The second-order valence-corrected chi connectivity index (χ2v) is 14.0. The highest BCUT2D eigenvalue weighted by Crippen LogP contribution is 2.45. The third kappa shape index (κ3) is 6.84. The maximum absolute atomic E-state index is 13.7. The van der Waals surface area contributed by atoms with Gasteiger partial charge in [-0.25, -0.2) is 9.88 Å². The van der Waals surface area contributed by atoms with Crippen LogP contribution < -0.4 is 4.90 Å². The molecule has 3 fully saturated rings. The molecule has 2 aromatic rings. The molecule has 266 valence electrons. The number of allylic oxidation sites excluding steroid dienone is 4. The lowest BCUT2D eigenvalue weighted by Crippen LogP contribution is -2.41. The first kappa shape index (κ1) is 35.7. The van der Waals surface area contributed by atoms with E-state index < -0.39 is 60.4 Å². The minimum absolute atomic E-state index is 0.00995. The molecule has 49 heavy (non-hydrogen) atoms. The quantitative estimate of drug-likeness (QED) is 0.242. The fourth-order valence-electron chi connectivity index (χ4n) is 6.61. The summed E-state index contributed by atoms with van der Waals surface area (Å²) in [5, 5.41) is 11.1. The SMILES string of the molecule is COC1=CC=C(B2OC(C)(C)C(C)(C)O2)CC1c1ccc(N2CCC2)nc1CN1C(O)O[C@H](c2cc(C(F)(F)F)cc(C(F)(F)F)c2)[C@@H]1C. The largest absolute Gasteiger partial charge is 0.500 e. The van der Waals surface area contributed by atoms with Crippen molar-refractivity contribution < 1.29 is 50.2 Å². The van der Waals surface area contributed by atoms with E-state index in [1.807, 2.05) is 52.0 Å². The number of methoxy groups -OCH3 is 1. The number of anilines is 1. The molecule has 0 amide bonds. The zero-order chi connectivity index (χ0) is 35.7. The van der Waals surface area contributed by atoms with Gasteiger partial charge in [-0.15, -0.1) is 0 Å². The molecule has 4 atom stereocenters. The summed E-state index contributed by atoms with van der Waals surface area (Å²) in [6.45, 7) is 11.1. The molecule has 1 aromatic heterocycles. The third-order valence-corrected chi connectivity index (χ3v) is 10.4. The van der Waals surface area contributed by atoms with Crippen molar-refractivity contribution in [2.75, 3.05) is 25.1 Å². The van der Waals surface area contributed by atoms with Crippen molar-refractivity contribution in [3.63, 3.8) is 0 Å². The first-order valence-electron chi connectivity index (χ1n) is 16.2. The van der Waals surface area contributed by atoms with Gasteiger partial charge in [-0.05, 0) is 94.4 Å². The van der Waals surface area contributed by atoms with Crippen LogP contribution in [0, 0.1) is 0 Å². The Morgan fingerprint density at radius 1 is 0.959 bits per heavy atom. The topological polar surface area (TPSA) is 76.5 Å². The van der Waals surface area contributed by atoms with Crippen molar-refractivity contribution in [2.24, 2.45) is 0 Å². The lowest BCUT2D eigenvalue weighted by molar-refractivity contribution is -0.154. The van der Waals surface area contributed by atoms with Gasteiger partial charge < -0.3 is 28.8 Å². The highest BCUT2D eigenvalue weighted by molar-refractivity contribution is 6.54. The highest BCUT2D eigenvalue weighted by atomic mass is 19.4. The summed E-state index contributed by atoms with van der Waals surface area (Å²) >= 11 is 0. The molecule has 0 saturated carbocycles. The fourth-order valence-corrected chi connectivity index (χ4v) is 6.61. The Morgan fingerprint density at radius 2 is 1.57 bits per heavy atom. The van der Waals surface area contributed by atoms with Crippen LogP contribution in [0.3, 0.4) is 0 Å². The number of halogens is 6. The van der Waals surface area contributed by atoms with E-state index in [9.17, 15) is 31.4 Å². The molecule has 15 heteroatoms. The monoisotopic (exact) mass is 695 g/mol. The van der Waals surface area contributed by atoms with Crippen LogP contribution in [0.25, 0.3) is 0 Å². The zero-order valence-corrected chi connectivity index (χ0v) is 28.2. The summed E-state index contributed by atoms with van der Waals surface area (Å²) in [4.78, 5) is 8.56. The third-order valence-electron chi connectivity index (χ3n) is 10.4. The zero-order valence-electron chi connectivity index (χ0n) is 28.2. The molecule has 3 saturated heterocycles. The molecular weight excluding hydrogens is 655 g/mol. The molecule has 4 aliphatic rings. The molecule has 2 unspecified atom stereocenters. The molecule has 1 aliphatic carbocycles. The molecule has 0 radical (unpaired) electrons. The Hall–Kier alpha value is -3.11. The van der Waals surface area contributed by atoms with E-state index in [4.69, 9.17) is 23.8 Å². The average molecular weight is 696 g/mol. The molecular formula is C34H40BF6N3O5. The number of rotatable bonds is 7. The number of alkyl halides is 6. The summed E-state index contributed by atoms with van der Waals surface area (Å²) in [6.07, 6.45) is -7.70. The lowest BCUT2D eigenvalue weighted by Gasteiger charge is -2.34. The predicted octanol–water partition coefficient (Wildman–Crippen LogP) is 7.14. The number of aliphatic hydroxyl groups is 1. The van der Waals surface area contributed by atoms with E-state index >= 15 is 0 Å². The van der Waals surface area contributed by atoms with E-state index in [0.717, 1.165) is 36.4 Å². The van der Waals surface area contributed by atoms with Gasteiger partial charge in [-0.2, -0.15) is 26.3 Å². The van der Waals surface area contributed by atoms with Crippen molar-refractivity contribution >= 4 is 12.9 Å². The van der Waals surface area contributed by atoms with Gasteiger partial charge in [-0.3, -0.25) is 0 Å². The van der Waals surface area contributed by atoms with E-state index in [1.165, 1.54) is 4.90 Å². The molecule has 0 spiro atoms. The number of ether oxygens (including phenoxy) is 2. The van der Waals surface area contributed by atoms with E-state index in [1.54, 1.807) is 14.0 Å². The van der Waals surface area contributed by atoms with Crippen molar-refractivity contribution in [3.05, 3.63) is 81.7 Å². The van der Waals surface area contributed by atoms with Crippen LogP contribution >= 0.6 is 0 Å². The number of aromatic nitrogens is 1. The van der Waals surface area contributed by atoms with Crippen LogP contribution in [0.1, 0.15) is 87.4 Å². The van der Waals surface area contributed by atoms with Crippen molar-refractivity contribution in [2.45, 2.75) is 102 Å². The van der Waals surface area contributed by atoms with Crippen LogP contribution in [-0.2, 0) is 37.7 Å². The number of hydrogen-bond donors (Lipinski definition) is 1. The van der Waals surface area contributed by atoms with E-state index in [0.29, 0.717) is 30.0 Å². The number of aliphatic hydroxyl groups excluding tert-OH is 1. The molecule has 6 rings (SSSR count). The number of hydrogen-bond acceptors (Lipinski definition) is 8. The maximum Gasteiger partial charge on any atom is 0.490 e. The van der Waals surface area contributed by atoms with Gasteiger partial charge in [-0.1, -0.05) is 12.1 Å². The van der Waals surface area contributed by atoms with Gasteiger partial charge in [0.05, 0.1) is 35.1 Å². The Bertz CT molecular complexity index is 1590. The standard InChI is InChI=1S/C34H40BF6N3O5/c1-19-29(20-14-21(33(36,37)38)16-22(15-20)34(39,40)41)47-30(45)44(19)18-26-24(9-11-28(42-26)43-12-7-13-43)25-17-23(8-10-27(25)46-6)35-48-31(2,3)32(4,5)49-35/h8-11,14-16,19,25,29-30,45H,7,12-13,17-18H2,1-6H3/t19-,25?,29-,30?/m0/s1. The van der Waals surface area contributed by atoms with Crippen molar-refractivity contribution in [1.82, 2.24) is 9.88 Å². The normalized spacial score (nSPS) is 27.2. The number of nitrogens with zero attached hydrogens (tertiary/aromatic N) is 3. The van der Waals surface area contributed by atoms with Gasteiger partial charge in [0.25, 0.3) is 0 Å². The van der Waals surface area contributed by atoms with Crippen molar-refractivity contribution in [3.8, 4) is 0 Å². The maximum atomic E-state index is 13.7. The molecule has 0 bridgehead atoms. The summed E-state index contributed by atoms with van der Waals surface area (Å²) in [7, 11) is 0.978. The van der Waals surface area contributed by atoms with Gasteiger partial charge in [0.15, 0.2) is 0 Å². The van der Waals surface area contributed by atoms with Gasteiger partial charge >= 0.3 is 19.5 Å². The van der Waals surface area contributed by atoms with Crippen LogP contribution in [0.15, 0.2) is 53.7 Å². The van der Waals surface area contributed by atoms with E-state index in [-0.39, 0.29) is 24.1 Å². The van der Waals surface area contributed by atoms with Gasteiger partial charge in [0.2, 0.25) is 6.41 Å². The van der Waals surface area contributed by atoms with E-state index in [2.05, 4.69) is 4.90 Å². The molecule has 8 nitrogen and oxygen atoms in total. The number of benzene rings is 1. The summed E-state index contributed by atoms with van der Waals surface area (Å²) in [5.41, 5.74) is -2.11. The summed E-state index contributed by atoms with van der Waals surface area (Å²) in [6, 6.07) is 4.40. The molecule has 3 aliphatic heterocycles. The first-order valence-corrected chi connectivity index (χ1v) is 16.2. The molecule has 1 N–H and O–H groups in total. The average Bonchev–Trinajstić information content (AvgIpc) is 3.39. The van der Waals surface area contributed by atoms with Crippen LogP contribution in [-0.4, -0.2) is 66.0 Å². The summed E-state index contributed by atoms with van der Waals surface area (Å²) in [5.74, 6) is 1.05. The second kappa shape index (κ2) is 12.6. The fraction of sp³-hybridized carbons (Fsp3) is 0.559. The predicted molar refractivity (Wildman–Crippen MR) is 169 cm³/mol. The summed E-state index contributed by atoms with van der Waals surface area (Å²) < 4.78 is 106. The smallest absolute Gasteiger partial charge is 0.490 e. The van der Waals surface area contributed by atoms with Gasteiger partial charge in [0.1, 0.15) is 17.7 Å². The van der Waals surface area contributed by atoms with Crippen LogP contribution in [0.2, 0.25) is 0 Å². The minimum Gasteiger partial charge on any atom is -0.500 e. The molecule has 4 heterocycles. The highest BCUT2D eigenvalue weighted by Gasteiger charge is 2.53. The molecule has 1 aromatic carbocycles. The van der Waals surface area contributed by atoms with Crippen LogP contribution in [0.5, 0.6) is 0 Å². The Labute approximate surface area is 281 Å². The van der Waals surface area contributed by atoms with Crippen LogP contribution in [0.4, 0.5) is 32.2 Å². The second-order valence-electron chi connectivity index (χ2n) is 14.0. The Kier molecular flexibility index (Phi) is 9.17. The minimum atomic E-state index is -5.02. The Morgan fingerprint density at radius 3 is 2.10 bits per heavy atom. The van der Waals surface area contributed by atoms with Gasteiger partial charge in [0, 0.05) is 31.6 Å². The van der Waals surface area contributed by atoms with Crippen molar-refractivity contribution in [1.29, 1.82) is 0 Å².